The van der Waals surface area contributed by atoms with Gasteiger partial charge < -0.3 is 4.74 Å². The molecule has 0 amide bonds. The number of likely N-dealkylation sites (N-methyl/N-ethyl adjacent to an activating group) is 1. The molecule has 1 aliphatic rings. The van der Waals surface area contributed by atoms with Crippen LogP contribution in [0.1, 0.15) is 20.8 Å². The maximum absolute atomic E-state index is 8.69. The Morgan fingerprint density at radius 2 is 2.31 bits per heavy atom. The van der Waals surface area contributed by atoms with E-state index in [1.54, 1.807) is 0 Å². The minimum Gasteiger partial charge on any atom is -0.374 e. The first-order valence-electron chi connectivity index (χ1n) is 6.12. The zero-order valence-electron chi connectivity index (χ0n) is 10.6. The molecule has 0 spiro atoms. The molecule has 1 unspecified atom stereocenters. The standard InChI is InChI=1S/C12H23N3O/c1-4-14(6-5-13)9-12-10-15(11(2)3)7-8-16-12/h11-12H,4,6-10H2,1-3H3. The summed E-state index contributed by atoms with van der Waals surface area (Å²) in [5, 5.41) is 8.69. The van der Waals surface area contributed by atoms with Gasteiger partial charge in [-0.1, -0.05) is 6.92 Å². The van der Waals surface area contributed by atoms with Crippen LogP contribution < -0.4 is 0 Å². The van der Waals surface area contributed by atoms with Crippen molar-refractivity contribution in [1.82, 2.24) is 9.80 Å². The predicted octanol–water partition coefficient (Wildman–Crippen LogP) is 0.941. The summed E-state index contributed by atoms with van der Waals surface area (Å²) in [6.45, 7) is 11.6. The van der Waals surface area contributed by atoms with E-state index in [1.165, 1.54) is 0 Å². The zero-order valence-corrected chi connectivity index (χ0v) is 10.6. The van der Waals surface area contributed by atoms with Crippen molar-refractivity contribution in [2.24, 2.45) is 0 Å². The van der Waals surface area contributed by atoms with Gasteiger partial charge in [0.15, 0.2) is 0 Å². The maximum Gasteiger partial charge on any atom is 0.0866 e. The van der Waals surface area contributed by atoms with Gasteiger partial charge in [0, 0.05) is 25.7 Å². The third-order valence-corrected chi connectivity index (χ3v) is 3.10. The molecule has 1 heterocycles. The lowest BCUT2D eigenvalue weighted by Gasteiger charge is -2.37. The summed E-state index contributed by atoms with van der Waals surface area (Å²) in [4.78, 5) is 4.57. The Labute approximate surface area is 98.8 Å². The molecule has 0 aliphatic carbocycles. The van der Waals surface area contributed by atoms with Gasteiger partial charge in [-0.25, -0.2) is 0 Å². The van der Waals surface area contributed by atoms with Crippen LogP contribution in [-0.4, -0.2) is 61.3 Å². The van der Waals surface area contributed by atoms with Crippen molar-refractivity contribution in [3.8, 4) is 6.07 Å². The second kappa shape index (κ2) is 6.85. The van der Waals surface area contributed by atoms with Crippen LogP contribution in [0.4, 0.5) is 0 Å². The molecule has 0 aromatic carbocycles. The van der Waals surface area contributed by atoms with Gasteiger partial charge in [0.1, 0.15) is 0 Å². The monoisotopic (exact) mass is 225 g/mol. The third-order valence-electron chi connectivity index (χ3n) is 3.10. The molecule has 1 rings (SSSR count). The van der Waals surface area contributed by atoms with Crippen LogP contribution in [0, 0.1) is 11.3 Å². The van der Waals surface area contributed by atoms with Gasteiger partial charge in [-0.05, 0) is 20.4 Å². The topological polar surface area (TPSA) is 39.5 Å². The van der Waals surface area contributed by atoms with Crippen molar-refractivity contribution in [2.45, 2.75) is 32.9 Å². The lowest BCUT2D eigenvalue weighted by molar-refractivity contribution is -0.0503. The SMILES string of the molecule is CCN(CC#N)CC1CN(C(C)C)CCO1. The first-order valence-corrected chi connectivity index (χ1v) is 6.12. The lowest BCUT2D eigenvalue weighted by atomic mass is 10.2. The van der Waals surface area contributed by atoms with E-state index in [4.69, 9.17) is 10.00 Å². The molecule has 4 heteroatoms. The van der Waals surface area contributed by atoms with E-state index >= 15 is 0 Å². The highest BCUT2D eigenvalue weighted by Crippen LogP contribution is 2.09. The molecule has 1 saturated heterocycles. The van der Waals surface area contributed by atoms with Gasteiger partial charge >= 0.3 is 0 Å². The van der Waals surface area contributed by atoms with Gasteiger partial charge in [-0.15, -0.1) is 0 Å². The molecular formula is C12H23N3O. The Balaban J connectivity index is 2.39. The number of morpholine rings is 1. The van der Waals surface area contributed by atoms with E-state index in [0.29, 0.717) is 12.6 Å². The minimum atomic E-state index is 0.254. The molecule has 92 valence electrons. The van der Waals surface area contributed by atoms with E-state index < -0.39 is 0 Å². The maximum atomic E-state index is 8.69. The number of nitrogens with zero attached hydrogens (tertiary/aromatic N) is 3. The summed E-state index contributed by atoms with van der Waals surface area (Å²) >= 11 is 0. The van der Waals surface area contributed by atoms with Crippen molar-refractivity contribution < 1.29 is 4.74 Å². The summed E-state index contributed by atoms with van der Waals surface area (Å²) in [5.41, 5.74) is 0. The smallest absolute Gasteiger partial charge is 0.0866 e. The van der Waals surface area contributed by atoms with E-state index in [1.807, 2.05) is 0 Å². The van der Waals surface area contributed by atoms with Crippen LogP contribution in [0.5, 0.6) is 0 Å². The number of hydrogen-bond donors (Lipinski definition) is 0. The van der Waals surface area contributed by atoms with E-state index in [-0.39, 0.29) is 6.10 Å². The predicted molar refractivity (Wildman–Crippen MR) is 64.2 cm³/mol. The van der Waals surface area contributed by atoms with Gasteiger partial charge in [-0.2, -0.15) is 5.26 Å². The average molecular weight is 225 g/mol. The van der Waals surface area contributed by atoms with Crippen molar-refractivity contribution in [3.05, 3.63) is 0 Å². The summed E-state index contributed by atoms with van der Waals surface area (Å²) in [6, 6.07) is 2.78. The zero-order chi connectivity index (χ0) is 12.0. The number of rotatable bonds is 5. The van der Waals surface area contributed by atoms with Gasteiger partial charge in [0.2, 0.25) is 0 Å². The van der Waals surface area contributed by atoms with Crippen LogP contribution in [0.3, 0.4) is 0 Å². The van der Waals surface area contributed by atoms with Crippen LogP contribution in [0.15, 0.2) is 0 Å². The molecule has 1 aliphatic heterocycles. The van der Waals surface area contributed by atoms with Crippen LogP contribution in [0.2, 0.25) is 0 Å². The van der Waals surface area contributed by atoms with Gasteiger partial charge in [-0.3, -0.25) is 9.80 Å². The molecule has 0 aromatic rings. The molecule has 0 radical (unpaired) electrons. The van der Waals surface area contributed by atoms with Crippen molar-refractivity contribution in [1.29, 1.82) is 5.26 Å². The summed E-state index contributed by atoms with van der Waals surface area (Å²) in [6.07, 6.45) is 0.254. The first-order chi connectivity index (χ1) is 7.67. The molecule has 0 saturated carbocycles. The molecular weight excluding hydrogens is 202 g/mol. The van der Waals surface area contributed by atoms with Crippen molar-refractivity contribution >= 4 is 0 Å². The summed E-state index contributed by atoms with van der Waals surface area (Å²) < 4.78 is 5.74. The number of hydrogen-bond acceptors (Lipinski definition) is 4. The summed E-state index contributed by atoms with van der Waals surface area (Å²) in [7, 11) is 0. The number of ether oxygens (including phenoxy) is 1. The molecule has 1 fully saturated rings. The highest BCUT2D eigenvalue weighted by molar-refractivity contribution is 4.81. The quantitative estimate of drug-likeness (QED) is 0.653. The third kappa shape index (κ3) is 4.09. The first kappa shape index (κ1) is 13.4. The highest BCUT2D eigenvalue weighted by atomic mass is 16.5. The Kier molecular flexibility index (Phi) is 5.75. The summed E-state index contributed by atoms with van der Waals surface area (Å²) in [5.74, 6) is 0. The fraction of sp³-hybridized carbons (Fsp3) is 0.917. The fourth-order valence-electron chi connectivity index (χ4n) is 2.02. The van der Waals surface area contributed by atoms with Crippen LogP contribution >= 0.6 is 0 Å². The average Bonchev–Trinajstić information content (AvgIpc) is 2.29. The highest BCUT2D eigenvalue weighted by Gasteiger charge is 2.23. The minimum absolute atomic E-state index is 0.254. The van der Waals surface area contributed by atoms with E-state index in [9.17, 15) is 0 Å². The fourth-order valence-corrected chi connectivity index (χ4v) is 2.02. The van der Waals surface area contributed by atoms with Gasteiger partial charge in [0.25, 0.3) is 0 Å². The lowest BCUT2D eigenvalue weighted by Crippen LogP contribution is -2.49. The van der Waals surface area contributed by atoms with Crippen molar-refractivity contribution in [2.75, 3.05) is 39.3 Å². The normalized spacial score (nSPS) is 22.6. The molecule has 4 nitrogen and oxygen atoms in total. The van der Waals surface area contributed by atoms with E-state index in [2.05, 4.69) is 36.6 Å². The molecule has 1 atom stereocenters. The Morgan fingerprint density at radius 1 is 1.56 bits per heavy atom. The Morgan fingerprint density at radius 3 is 2.88 bits per heavy atom. The molecule has 0 bridgehead atoms. The Bertz CT molecular complexity index is 237. The van der Waals surface area contributed by atoms with E-state index in [0.717, 1.165) is 32.8 Å². The van der Waals surface area contributed by atoms with Crippen LogP contribution in [-0.2, 0) is 4.74 Å². The van der Waals surface area contributed by atoms with Gasteiger partial charge in [0.05, 0.1) is 25.3 Å². The largest absolute Gasteiger partial charge is 0.374 e. The second-order valence-corrected chi connectivity index (χ2v) is 4.57. The second-order valence-electron chi connectivity index (χ2n) is 4.57. The molecule has 0 N–H and O–H groups in total. The van der Waals surface area contributed by atoms with Crippen LogP contribution in [0.25, 0.3) is 0 Å². The Hall–Kier alpha value is -0.630. The number of nitriles is 1. The van der Waals surface area contributed by atoms with Crippen molar-refractivity contribution in [3.63, 3.8) is 0 Å². The molecule has 16 heavy (non-hydrogen) atoms. The molecule has 0 aromatic heterocycles.